The first-order valence-corrected chi connectivity index (χ1v) is 15.4. The first-order valence-electron chi connectivity index (χ1n) is 14.6. The smallest absolute Gasteiger partial charge is 0.339 e. The summed E-state index contributed by atoms with van der Waals surface area (Å²) in [5.41, 5.74) is -2.11. The van der Waals surface area contributed by atoms with E-state index in [-0.39, 0.29) is 47.4 Å². The predicted molar refractivity (Wildman–Crippen MR) is 162 cm³/mol. The molecule has 0 unspecified atom stereocenters. The van der Waals surface area contributed by atoms with Crippen LogP contribution in [-0.2, 0) is 14.3 Å². The van der Waals surface area contributed by atoms with Crippen LogP contribution >= 0.6 is 11.8 Å². The molecular formula is C34H33NO7S. The highest BCUT2D eigenvalue weighted by Gasteiger charge is 2.72. The Hall–Kier alpha value is -3.82. The van der Waals surface area contributed by atoms with Gasteiger partial charge in [0.25, 0.3) is 0 Å². The molecule has 43 heavy (non-hydrogen) atoms. The summed E-state index contributed by atoms with van der Waals surface area (Å²) in [6.07, 6.45) is 5.02. The fourth-order valence-electron chi connectivity index (χ4n) is 8.69. The number of aromatic carboxylic acids is 1. The molecule has 4 N–H and O–H groups in total. The van der Waals surface area contributed by atoms with Crippen LogP contribution < -0.4 is 5.32 Å². The van der Waals surface area contributed by atoms with Gasteiger partial charge in [0, 0.05) is 22.6 Å². The van der Waals surface area contributed by atoms with Crippen LogP contribution in [0.15, 0.2) is 70.5 Å². The van der Waals surface area contributed by atoms with Crippen molar-refractivity contribution in [3.63, 3.8) is 0 Å². The zero-order valence-electron chi connectivity index (χ0n) is 23.9. The van der Waals surface area contributed by atoms with Crippen molar-refractivity contribution < 1.29 is 34.4 Å². The van der Waals surface area contributed by atoms with E-state index in [1.54, 1.807) is 0 Å². The van der Waals surface area contributed by atoms with Gasteiger partial charge in [0.15, 0.2) is 11.5 Å². The van der Waals surface area contributed by atoms with Crippen LogP contribution in [0.5, 0.6) is 11.5 Å². The molecule has 2 saturated heterocycles. The molecule has 222 valence electrons. The van der Waals surface area contributed by atoms with E-state index in [1.807, 2.05) is 31.2 Å². The second-order valence-corrected chi connectivity index (χ2v) is 14.1. The van der Waals surface area contributed by atoms with Gasteiger partial charge in [0.05, 0.1) is 16.6 Å². The van der Waals surface area contributed by atoms with E-state index in [4.69, 9.17) is 4.74 Å². The summed E-state index contributed by atoms with van der Waals surface area (Å²) in [7, 11) is 0. The lowest BCUT2D eigenvalue weighted by Gasteiger charge is -2.56. The molecule has 5 aliphatic rings. The summed E-state index contributed by atoms with van der Waals surface area (Å²) in [6.45, 7) is 4.16. The maximum absolute atomic E-state index is 14.5. The largest absolute Gasteiger partial charge is 0.506 e. The number of hydrogen-bond donors (Lipinski definition) is 4. The van der Waals surface area contributed by atoms with Crippen molar-refractivity contribution >= 4 is 45.9 Å². The van der Waals surface area contributed by atoms with Crippen molar-refractivity contribution in [3.05, 3.63) is 71.1 Å². The van der Waals surface area contributed by atoms with Gasteiger partial charge in [0.2, 0.25) is 5.91 Å². The average Bonchev–Trinajstić information content (AvgIpc) is 3.33. The quantitative estimate of drug-likeness (QED) is 0.226. The lowest BCUT2D eigenvalue weighted by atomic mass is 9.51. The summed E-state index contributed by atoms with van der Waals surface area (Å²) in [5, 5.41) is 34.7. The first kappa shape index (κ1) is 28.0. The number of carbonyl (C=O) groups excluding carboxylic acids is 2. The number of allylic oxidation sites excluding steroid dienone is 2. The number of aromatic hydroxyl groups is 2. The topological polar surface area (TPSA) is 133 Å². The second-order valence-electron chi connectivity index (χ2n) is 13.0. The van der Waals surface area contributed by atoms with E-state index in [1.165, 1.54) is 11.8 Å². The number of carboxylic acids is 1. The fraction of sp³-hybridized carbons (Fsp3) is 0.382. The molecule has 9 heteroatoms. The molecule has 0 aromatic heterocycles. The molecular weight excluding hydrogens is 566 g/mol. The Balaban J connectivity index is 1.21. The van der Waals surface area contributed by atoms with Crippen LogP contribution in [0.4, 0.5) is 5.69 Å². The second kappa shape index (κ2) is 9.59. The number of thioether (sulfide) groups is 1. The number of carboxylic acid groups (broad SMARTS) is 1. The molecule has 3 aliphatic carbocycles. The number of anilines is 1. The number of phenolic OH excluding ortho intramolecular Hbond substituents is 1. The van der Waals surface area contributed by atoms with Gasteiger partial charge < -0.3 is 25.4 Å². The number of fused-ring (bicyclic) bond motifs is 1. The van der Waals surface area contributed by atoms with E-state index in [9.17, 15) is 29.7 Å². The third-order valence-electron chi connectivity index (χ3n) is 10.4. The number of hydrogen-bond acceptors (Lipinski definition) is 7. The van der Waals surface area contributed by atoms with Gasteiger partial charge in [-0.2, -0.15) is 0 Å². The van der Waals surface area contributed by atoms with E-state index in [0.29, 0.717) is 10.8 Å². The number of nitrogens with one attached hydrogen (secondary N) is 1. The molecule has 4 fully saturated rings. The van der Waals surface area contributed by atoms with Gasteiger partial charge in [-0.1, -0.05) is 61.2 Å². The van der Waals surface area contributed by atoms with Gasteiger partial charge in [-0.15, -0.1) is 0 Å². The number of ether oxygens (including phenoxy) is 1. The van der Waals surface area contributed by atoms with E-state index < -0.39 is 34.4 Å². The van der Waals surface area contributed by atoms with Crippen molar-refractivity contribution in [1.29, 1.82) is 0 Å². The van der Waals surface area contributed by atoms with Gasteiger partial charge in [0.1, 0.15) is 17.0 Å². The Kier molecular flexibility index (Phi) is 6.24. The third-order valence-corrected chi connectivity index (χ3v) is 11.5. The Labute approximate surface area is 253 Å². The first-order chi connectivity index (χ1) is 20.4. The average molecular weight is 600 g/mol. The van der Waals surface area contributed by atoms with Gasteiger partial charge >= 0.3 is 5.97 Å². The molecule has 4 bridgehead atoms. The number of ketones is 1. The summed E-state index contributed by atoms with van der Waals surface area (Å²) in [5.74, 6) is -2.74. The number of benzene rings is 3. The molecule has 8 nitrogen and oxygen atoms in total. The van der Waals surface area contributed by atoms with Crippen molar-refractivity contribution in [2.45, 2.75) is 62.6 Å². The van der Waals surface area contributed by atoms with Crippen molar-refractivity contribution in [2.24, 2.45) is 22.7 Å². The lowest BCUT2D eigenvalue weighted by molar-refractivity contribution is -0.169. The standard InChI is InChI=1S/C34H33NO7S/c1-32(13-12-26(37)35-27-22(36)11-10-21(28(27)38)31(40)41)29-23-14-19-15-34(29,17-33(19,2)42-23)16-25(30(32)39)43-24-9-5-7-18-6-3-4-8-20(18)24/h3-11,16,19,23,29,36,38H,12-15,17H2,1-2H3,(H,35,37)(H,40,41)/t19-,23+,29+,32+,33+,34-/m1/s1. The van der Waals surface area contributed by atoms with Gasteiger partial charge in [-0.25, -0.2) is 4.79 Å². The Bertz CT molecular complexity index is 1750. The molecule has 6 atom stereocenters. The normalized spacial score (nSPS) is 32.1. The van der Waals surface area contributed by atoms with Crippen LogP contribution in [0, 0.1) is 22.7 Å². The number of rotatable bonds is 7. The van der Waals surface area contributed by atoms with Crippen LogP contribution in [0.2, 0.25) is 0 Å². The minimum absolute atomic E-state index is 0.00465. The summed E-state index contributed by atoms with van der Waals surface area (Å²) in [6, 6.07) is 16.4. The maximum atomic E-state index is 14.5. The van der Waals surface area contributed by atoms with Crippen molar-refractivity contribution in [1.82, 2.24) is 0 Å². The SMILES string of the molecule is C[C@]12C[C@@]34C=C(Sc5cccc6ccccc56)C(=O)[C@@](C)(CCC(=O)Nc5c(O)ccc(C(=O)O)c5O)[C@@H]3[C@H](C[C@@H]1C4)O2. The van der Waals surface area contributed by atoms with Crippen LogP contribution in [-0.4, -0.2) is 44.7 Å². The van der Waals surface area contributed by atoms with Crippen LogP contribution in [0.25, 0.3) is 10.8 Å². The molecule has 2 heterocycles. The van der Waals surface area contributed by atoms with Crippen LogP contribution in [0.3, 0.4) is 0 Å². The zero-order chi connectivity index (χ0) is 30.3. The number of amides is 1. The predicted octanol–water partition coefficient (Wildman–Crippen LogP) is 6.51. The van der Waals surface area contributed by atoms with Gasteiger partial charge in [-0.05, 0) is 72.9 Å². The summed E-state index contributed by atoms with van der Waals surface area (Å²) >= 11 is 1.50. The third kappa shape index (κ3) is 4.19. The summed E-state index contributed by atoms with van der Waals surface area (Å²) in [4.78, 5) is 40.9. The number of phenols is 2. The van der Waals surface area contributed by atoms with E-state index in [0.717, 1.165) is 47.1 Å². The van der Waals surface area contributed by atoms with Crippen LogP contribution in [0.1, 0.15) is 56.3 Å². The molecule has 1 amide bonds. The molecule has 1 spiro atoms. The number of carbonyl (C=O) groups is 3. The molecule has 0 radical (unpaired) electrons. The van der Waals surface area contributed by atoms with E-state index >= 15 is 0 Å². The summed E-state index contributed by atoms with van der Waals surface area (Å²) < 4.78 is 6.62. The minimum Gasteiger partial charge on any atom is -0.506 e. The number of Topliss-reactive ketones (excluding diaryl/α,β-unsaturated/α-hetero) is 1. The van der Waals surface area contributed by atoms with Crippen molar-refractivity contribution in [2.75, 3.05) is 5.32 Å². The molecule has 2 saturated carbocycles. The molecule has 3 aromatic carbocycles. The molecule has 8 rings (SSSR count). The highest BCUT2D eigenvalue weighted by Crippen LogP contribution is 2.72. The maximum Gasteiger partial charge on any atom is 0.339 e. The van der Waals surface area contributed by atoms with Crippen molar-refractivity contribution in [3.8, 4) is 11.5 Å². The molecule has 3 aromatic rings. The Morgan fingerprint density at radius 2 is 1.84 bits per heavy atom. The highest BCUT2D eigenvalue weighted by molar-refractivity contribution is 8.04. The lowest BCUT2D eigenvalue weighted by Crippen LogP contribution is -2.57. The van der Waals surface area contributed by atoms with E-state index in [2.05, 4.69) is 36.5 Å². The highest BCUT2D eigenvalue weighted by atomic mass is 32.2. The Morgan fingerprint density at radius 1 is 1.07 bits per heavy atom. The minimum atomic E-state index is -1.39. The fourth-order valence-corrected chi connectivity index (χ4v) is 9.99. The Morgan fingerprint density at radius 3 is 2.60 bits per heavy atom. The molecule has 2 aliphatic heterocycles. The van der Waals surface area contributed by atoms with Gasteiger partial charge in [-0.3, -0.25) is 9.59 Å². The zero-order valence-corrected chi connectivity index (χ0v) is 24.7. The monoisotopic (exact) mass is 599 g/mol.